The molecule has 0 spiro atoms. The Hall–Kier alpha value is -2.70. The highest BCUT2D eigenvalue weighted by molar-refractivity contribution is 5.55. The Morgan fingerprint density at radius 1 is 1.27 bits per heavy atom. The van der Waals surface area contributed by atoms with Crippen LogP contribution >= 0.6 is 0 Å². The van der Waals surface area contributed by atoms with Gasteiger partial charge in [0.2, 0.25) is 5.95 Å². The van der Waals surface area contributed by atoms with Crippen molar-refractivity contribution in [3.8, 4) is 0 Å². The molecule has 1 fully saturated rings. The van der Waals surface area contributed by atoms with Crippen LogP contribution in [0.4, 0.5) is 16.2 Å². The van der Waals surface area contributed by atoms with Gasteiger partial charge in [0.15, 0.2) is 0 Å². The number of fused-ring (bicyclic) bond motifs is 1. The zero-order chi connectivity index (χ0) is 18.3. The minimum atomic E-state index is -0.922. The lowest BCUT2D eigenvalue weighted by Crippen LogP contribution is -2.41. The highest BCUT2D eigenvalue weighted by atomic mass is 19.1. The quantitative estimate of drug-likeness (QED) is 0.782. The average Bonchev–Trinajstić information content (AvgIpc) is 3.05. The summed E-state index contributed by atoms with van der Waals surface area (Å²) < 4.78 is 16.7. The van der Waals surface area contributed by atoms with Gasteiger partial charge in [0.1, 0.15) is 12.0 Å². The zero-order valence-electron chi connectivity index (χ0n) is 15.0. The van der Waals surface area contributed by atoms with E-state index < -0.39 is 6.17 Å². The number of nitrogens with zero attached hydrogens (tertiary/aromatic N) is 5. The molecule has 3 aromatic heterocycles. The molecule has 4 heterocycles. The SMILES string of the molecule is CC(C)c1cc(N2CC[C@@H](F)[C@@H](c3ncn4ccccc34)C2)nc(N)n1. The third kappa shape index (κ3) is 2.98. The number of nitrogens with two attached hydrogens (primary N) is 1. The van der Waals surface area contributed by atoms with Crippen molar-refractivity contribution in [1.82, 2.24) is 19.4 Å². The molecule has 26 heavy (non-hydrogen) atoms. The second kappa shape index (κ2) is 6.55. The molecule has 0 unspecified atom stereocenters. The predicted molar refractivity (Wildman–Crippen MR) is 100 cm³/mol. The standard InChI is InChI=1S/C19H23FN6/c1-12(2)15-9-17(24-19(21)23-15)25-8-6-14(20)13(10-25)18-16-5-3-4-7-26(16)11-22-18/h3-5,7,9,11-14H,6,8,10H2,1-2H3,(H2,21,23,24)/t13-,14+/m0/s1. The van der Waals surface area contributed by atoms with E-state index in [1.807, 2.05) is 34.9 Å². The maximum absolute atomic E-state index is 14.8. The summed E-state index contributed by atoms with van der Waals surface area (Å²) in [6.45, 7) is 5.27. The third-order valence-corrected chi connectivity index (χ3v) is 5.02. The van der Waals surface area contributed by atoms with Crippen molar-refractivity contribution in [3.05, 3.63) is 48.2 Å². The van der Waals surface area contributed by atoms with Crippen LogP contribution in [-0.2, 0) is 0 Å². The lowest BCUT2D eigenvalue weighted by molar-refractivity contribution is 0.241. The number of hydrogen-bond acceptors (Lipinski definition) is 5. The van der Waals surface area contributed by atoms with Crippen LogP contribution in [0.5, 0.6) is 0 Å². The van der Waals surface area contributed by atoms with Crippen molar-refractivity contribution in [2.45, 2.75) is 38.3 Å². The first-order valence-corrected chi connectivity index (χ1v) is 8.98. The molecule has 0 saturated carbocycles. The van der Waals surface area contributed by atoms with Crippen molar-refractivity contribution < 1.29 is 4.39 Å². The number of alkyl halides is 1. The summed E-state index contributed by atoms with van der Waals surface area (Å²) in [5.74, 6) is 0.986. The fourth-order valence-electron chi connectivity index (χ4n) is 3.57. The Balaban J connectivity index is 1.67. The van der Waals surface area contributed by atoms with Crippen LogP contribution in [0, 0.1) is 0 Å². The monoisotopic (exact) mass is 354 g/mol. The molecular formula is C19H23FN6. The molecule has 7 heteroatoms. The molecule has 2 atom stereocenters. The van der Waals surface area contributed by atoms with Crippen molar-refractivity contribution in [3.63, 3.8) is 0 Å². The third-order valence-electron chi connectivity index (χ3n) is 5.02. The second-order valence-electron chi connectivity index (χ2n) is 7.14. The highest BCUT2D eigenvalue weighted by Crippen LogP contribution is 2.33. The number of pyridine rings is 1. The first-order chi connectivity index (χ1) is 12.5. The fourth-order valence-corrected chi connectivity index (χ4v) is 3.57. The number of halogens is 1. The molecular weight excluding hydrogens is 331 g/mol. The molecule has 0 bridgehead atoms. The molecule has 0 aromatic carbocycles. The average molecular weight is 354 g/mol. The van der Waals surface area contributed by atoms with Crippen LogP contribution in [0.3, 0.4) is 0 Å². The molecule has 4 rings (SSSR count). The molecule has 136 valence electrons. The molecule has 1 saturated heterocycles. The number of rotatable bonds is 3. The van der Waals surface area contributed by atoms with E-state index >= 15 is 0 Å². The van der Waals surface area contributed by atoms with Gasteiger partial charge in [-0.2, -0.15) is 4.98 Å². The van der Waals surface area contributed by atoms with Gasteiger partial charge in [0, 0.05) is 25.4 Å². The van der Waals surface area contributed by atoms with E-state index in [1.165, 1.54) is 0 Å². The minimum Gasteiger partial charge on any atom is -0.368 e. The lowest BCUT2D eigenvalue weighted by atomic mass is 9.92. The van der Waals surface area contributed by atoms with E-state index in [4.69, 9.17) is 5.73 Å². The number of piperidine rings is 1. The summed E-state index contributed by atoms with van der Waals surface area (Å²) in [4.78, 5) is 15.3. The van der Waals surface area contributed by atoms with Crippen molar-refractivity contribution in [2.75, 3.05) is 23.7 Å². The summed E-state index contributed by atoms with van der Waals surface area (Å²) in [7, 11) is 0. The predicted octanol–water partition coefficient (Wildman–Crippen LogP) is 3.16. The van der Waals surface area contributed by atoms with E-state index in [0.717, 1.165) is 22.7 Å². The Labute approximate surface area is 151 Å². The molecule has 0 radical (unpaired) electrons. The van der Waals surface area contributed by atoms with Gasteiger partial charge in [-0.05, 0) is 24.5 Å². The molecule has 1 aliphatic heterocycles. The van der Waals surface area contributed by atoms with Crippen LogP contribution in [0.15, 0.2) is 36.8 Å². The zero-order valence-corrected chi connectivity index (χ0v) is 15.0. The van der Waals surface area contributed by atoms with Crippen LogP contribution < -0.4 is 10.6 Å². The van der Waals surface area contributed by atoms with Gasteiger partial charge in [-0.1, -0.05) is 19.9 Å². The summed E-state index contributed by atoms with van der Waals surface area (Å²) in [5.41, 5.74) is 8.55. The largest absolute Gasteiger partial charge is 0.368 e. The summed E-state index contributed by atoms with van der Waals surface area (Å²) >= 11 is 0. The number of anilines is 2. The van der Waals surface area contributed by atoms with Crippen molar-refractivity contribution >= 4 is 17.3 Å². The van der Waals surface area contributed by atoms with Gasteiger partial charge >= 0.3 is 0 Å². The van der Waals surface area contributed by atoms with Crippen molar-refractivity contribution in [2.24, 2.45) is 0 Å². The van der Waals surface area contributed by atoms with Crippen LogP contribution in [0.1, 0.15) is 43.5 Å². The molecule has 0 aliphatic carbocycles. The number of nitrogen functional groups attached to an aromatic ring is 1. The van der Waals surface area contributed by atoms with E-state index in [2.05, 4.69) is 33.7 Å². The van der Waals surface area contributed by atoms with E-state index in [-0.39, 0.29) is 17.8 Å². The van der Waals surface area contributed by atoms with Crippen LogP contribution in [0.25, 0.3) is 5.52 Å². The summed E-state index contributed by atoms with van der Waals surface area (Å²) in [6.07, 6.45) is 3.20. The van der Waals surface area contributed by atoms with Gasteiger partial charge in [0.05, 0.1) is 29.1 Å². The van der Waals surface area contributed by atoms with Gasteiger partial charge in [-0.15, -0.1) is 0 Å². The number of aromatic nitrogens is 4. The topological polar surface area (TPSA) is 72.3 Å². The Morgan fingerprint density at radius 3 is 2.92 bits per heavy atom. The fraction of sp³-hybridized carbons (Fsp3) is 0.421. The normalized spacial score (nSPS) is 20.8. The number of imidazole rings is 1. The van der Waals surface area contributed by atoms with Gasteiger partial charge < -0.3 is 15.0 Å². The Morgan fingerprint density at radius 2 is 2.12 bits per heavy atom. The van der Waals surface area contributed by atoms with Crippen LogP contribution in [-0.4, -0.2) is 38.6 Å². The maximum Gasteiger partial charge on any atom is 0.222 e. The van der Waals surface area contributed by atoms with Crippen molar-refractivity contribution in [1.29, 1.82) is 0 Å². The highest BCUT2D eigenvalue weighted by Gasteiger charge is 2.33. The molecule has 6 nitrogen and oxygen atoms in total. The smallest absolute Gasteiger partial charge is 0.222 e. The van der Waals surface area contributed by atoms with Crippen LogP contribution in [0.2, 0.25) is 0 Å². The first kappa shape index (κ1) is 16.8. The van der Waals surface area contributed by atoms with Gasteiger partial charge in [-0.3, -0.25) is 0 Å². The summed E-state index contributed by atoms with van der Waals surface area (Å²) in [6, 6.07) is 7.83. The Bertz CT molecular complexity index is 921. The van der Waals surface area contributed by atoms with E-state index in [0.29, 0.717) is 19.5 Å². The number of hydrogen-bond donors (Lipinski definition) is 1. The van der Waals surface area contributed by atoms with E-state index in [9.17, 15) is 4.39 Å². The first-order valence-electron chi connectivity index (χ1n) is 8.98. The minimum absolute atomic E-state index is 0.255. The summed E-state index contributed by atoms with van der Waals surface area (Å²) in [5, 5.41) is 0. The Kier molecular flexibility index (Phi) is 4.22. The van der Waals surface area contributed by atoms with Gasteiger partial charge in [0.25, 0.3) is 0 Å². The maximum atomic E-state index is 14.8. The lowest BCUT2D eigenvalue weighted by Gasteiger charge is -2.35. The molecule has 3 aromatic rings. The second-order valence-corrected chi connectivity index (χ2v) is 7.14. The molecule has 0 amide bonds. The molecule has 2 N–H and O–H groups in total. The van der Waals surface area contributed by atoms with E-state index in [1.54, 1.807) is 6.33 Å². The molecule has 1 aliphatic rings. The van der Waals surface area contributed by atoms with Gasteiger partial charge in [-0.25, -0.2) is 14.4 Å².